The second kappa shape index (κ2) is 7.31. The number of benzene rings is 2. The van der Waals surface area contributed by atoms with Gasteiger partial charge in [-0.15, -0.1) is 0 Å². The molecule has 0 radical (unpaired) electrons. The van der Waals surface area contributed by atoms with E-state index in [1.165, 1.54) is 24.0 Å². The number of carbonyl (C=O) groups excluding carboxylic acids is 1. The van der Waals surface area contributed by atoms with E-state index in [1.54, 1.807) is 0 Å². The van der Waals surface area contributed by atoms with E-state index in [4.69, 9.17) is 5.26 Å². The molecule has 0 aliphatic heterocycles. The van der Waals surface area contributed by atoms with E-state index < -0.39 is 0 Å². The lowest BCUT2D eigenvalue weighted by Gasteiger charge is -2.22. The highest BCUT2D eigenvalue weighted by atomic mass is 16.1. The first kappa shape index (κ1) is 16.8. The van der Waals surface area contributed by atoms with Crippen LogP contribution in [0.25, 0.3) is 0 Å². The maximum atomic E-state index is 12.1. The van der Waals surface area contributed by atoms with E-state index in [-0.39, 0.29) is 5.91 Å². The first-order valence-corrected chi connectivity index (χ1v) is 9.34. The lowest BCUT2D eigenvalue weighted by atomic mass is 10.1. The molecule has 2 aliphatic carbocycles. The average molecular weight is 345 g/mol. The van der Waals surface area contributed by atoms with Crippen molar-refractivity contribution < 1.29 is 4.79 Å². The number of nitriles is 1. The summed E-state index contributed by atoms with van der Waals surface area (Å²) in [6.45, 7) is 1.72. The minimum atomic E-state index is 0.0337. The minimum Gasteiger partial charge on any atom is -0.349 e. The Morgan fingerprint density at radius 2 is 1.77 bits per heavy atom. The quantitative estimate of drug-likeness (QED) is 0.834. The van der Waals surface area contributed by atoms with Gasteiger partial charge in [0.05, 0.1) is 11.6 Å². The van der Waals surface area contributed by atoms with Crippen molar-refractivity contribution in [2.75, 3.05) is 0 Å². The maximum absolute atomic E-state index is 12.1. The molecule has 1 amide bonds. The van der Waals surface area contributed by atoms with E-state index in [9.17, 15) is 4.79 Å². The highest BCUT2D eigenvalue weighted by Gasteiger charge is 2.29. The molecule has 0 aromatic heterocycles. The van der Waals surface area contributed by atoms with E-state index >= 15 is 0 Å². The van der Waals surface area contributed by atoms with Crippen molar-refractivity contribution in [3.8, 4) is 6.07 Å². The normalized spacial score (nSPS) is 16.3. The van der Waals surface area contributed by atoms with Crippen LogP contribution in [0.5, 0.6) is 0 Å². The van der Waals surface area contributed by atoms with Crippen LogP contribution in [0.3, 0.4) is 0 Å². The summed E-state index contributed by atoms with van der Waals surface area (Å²) < 4.78 is 0. The summed E-state index contributed by atoms with van der Waals surface area (Å²) >= 11 is 0. The Bertz CT molecular complexity index is 829. The van der Waals surface area contributed by atoms with Crippen LogP contribution in [-0.2, 0) is 13.1 Å². The molecular weight excluding hydrogens is 322 g/mol. The summed E-state index contributed by atoms with van der Waals surface area (Å²) in [5.41, 5.74) is 3.84. The summed E-state index contributed by atoms with van der Waals surface area (Å²) in [4.78, 5) is 14.6. The Labute approximate surface area is 154 Å². The third-order valence-corrected chi connectivity index (χ3v) is 5.02. The topological polar surface area (TPSA) is 56.1 Å². The number of nitrogens with one attached hydrogen (secondary N) is 1. The molecule has 0 heterocycles. The molecule has 2 fully saturated rings. The van der Waals surface area contributed by atoms with Crippen LogP contribution >= 0.6 is 0 Å². The lowest BCUT2D eigenvalue weighted by Crippen LogP contribution is -2.26. The molecule has 26 heavy (non-hydrogen) atoms. The molecular formula is C22H23N3O. The molecule has 0 bridgehead atoms. The van der Waals surface area contributed by atoms with Crippen molar-refractivity contribution in [1.29, 1.82) is 5.26 Å². The molecule has 2 saturated carbocycles. The summed E-state index contributed by atoms with van der Waals surface area (Å²) in [5.74, 6) is 0.0337. The summed E-state index contributed by atoms with van der Waals surface area (Å²) in [6.07, 6.45) is 4.68. The predicted molar refractivity (Wildman–Crippen MR) is 100 cm³/mol. The van der Waals surface area contributed by atoms with Gasteiger partial charge in [0.1, 0.15) is 0 Å². The third-order valence-electron chi connectivity index (χ3n) is 5.02. The zero-order chi connectivity index (χ0) is 17.9. The van der Waals surface area contributed by atoms with Crippen LogP contribution in [0.15, 0.2) is 48.5 Å². The van der Waals surface area contributed by atoms with Crippen molar-refractivity contribution in [3.05, 3.63) is 70.8 Å². The first-order valence-electron chi connectivity index (χ1n) is 9.34. The molecule has 0 spiro atoms. The second-order valence-electron chi connectivity index (χ2n) is 7.39. The van der Waals surface area contributed by atoms with E-state index in [1.807, 2.05) is 30.3 Å². The number of hydrogen-bond donors (Lipinski definition) is 1. The van der Waals surface area contributed by atoms with Crippen LogP contribution in [0.4, 0.5) is 0 Å². The molecule has 2 aliphatic rings. The molecule has 0 saturated heterocycles. The molecule has 2 aromatic rings. The fourth-order valence-corrected chi connectivity index (χ4v) is 3.22. The van der Waals surface area contributed by atoms with Gasteiger partial charge in [0.2, 0.25) is 0 Å². The van der Waals surface area contributed by atoms with Crippen molar-refractivity contribution in [2.45, 2.75) is 50.9 Å². The van der Waals surface area contributed by atoms with Crippen molar-refractivity contribution >= 4 is 5.91 Å². The van der Waals surface area contributed by atoms with Crippen LogP contribution in [0.2, 0.25) is 0 Å². The summed E-state index contributed by atoms with van der Waals surface area (Å²) in [5, 5.41) is 12.1. The maximum Gasteiger partial charge on any atom is 0.251 e. The van der Waals surface area contributed by atoms with Crippen molar-refractivity contribution in [3.63, 3.8) is 0 Å². The van der Waals surface area contributed by atoms with Gasteiger partial charge in [-0.05, 0) is 61.1 Å². The minimum absolute atomic E-state index is 0.0337. The van der Waals surface area contributed by atoms with E-state index in [0.717, 1.165) is 31.5 Å². The van der Waals surface area contributed by atoms with Crippen LogP contribution < -0.4 is 5.32 Å². The first-order chi connectivity index (χ1) is 12.7. The number of hydrogen-bond acceptors (Lipinski definition) is 3. The van der Waals surface area contributed by atoms with Crippen LogP contribution in [0.1, 0.15) is 52.7 Å². The zero-order valence-corrected chi connectivity index (χ0v) is 14.8. The fourth-order valence-electron chi connectivity index (χ4n) is 3.22. The van der Waals surface area contributed by atoms with Crippen molar-refractivity contribution in [2.24, 2.45) is 0 Å². The molecule has 1 N–H and O–H groups in total. The van der Waals surface area contributed by atoms with Gasteiger partial charge in [-0.3, -0.25) is 9.69 Å². The highest BCUT2D eigenvalue weighted by molar-refractivity contribution is 5.94. The van der Waals surface area contributed by atoms with Gasteiger partial charge in [0.25, 0.3) is 5.91 Å². The molecule has 0 atom stereocenters. The van der Waals surface area contributed by atoms with E-state index in [0.29, 0.717) is 17.6 Å². The van der Waals surface area contributed by atoms with Gasteiger partial charge < -0.3 is 5.32 Å². The molecule has 4 rings (SSSR count). The SMILES string of the molecule is N#Cc1cccc(CN(Cc2ccc(C(=O)NC3CC3)cc2)C2CC2)c1. The summed E-state index contributed by atoms with van der Waals surface area (Å²) in [6, 6.07) is 19.0. The monoisotopic (exact) mass is 345 g/mol. The Kier molecular flexibility index (Phi) is 4.73. The van der Waals surface area contributed by atoms with Crippen molar-refractivity contribution in [1.82, 2.24) is 10.2 Å². The number of nitrogens with zero attached hydrogens (tertiary/aromatic N) is 2. The standard InChI is InChI=1S/C22H23N3O/c23-13-17-2-1-3-18(12-17)15-25(21-10-11-21)14-16-4-6-19(7-5-16)22(26)24-20-8-9-20/h1-7,12,20-21H,8-11,14-15H2,(H,24,26). The van der Waals surface area contributed by atoms with Crippen LogP contribution in [-0.4, -0.2) is 22.9 Å². The Hall–Kier alpha value is -2.64. The molecule has 4 nitrogen and oxygen atoms in total. The average Bonchev–Trinajstić information content (AvgIpc) is 3.56. The number of amides is 1. The van der Waals surface area contributed by atoms with Gasteiger partial charge in [0.15, 0.2) is 0 Å². The van der Waals surface area contributed by atoms with Gasteiger partial charge in [-0.2, -0.15) is 5.26 Å². The molecule has 4 heteroatoms. The largest absolute Gasteiger partial charge is 0.349 e. The van der Waals surface area contributed by atoms with Gasteiger partial charge >= 0.3 is 0 Å². The van der Waals surface area contributed by atoms with E-state index in [2.05, 4.69) is 34.5 Å². The summed E-state index contributed by atoms with van der Waals surface area (Å²) in [7, 11) is 0. The van der Waals surface area contributed by atoms with Gasteiger partial charge in [-0.25, -0.2) is 0 Å². The molecule has 132 valence electrons. The molecule has 2 aromatic carbocycles. The fraction of sp³-hybridized carbons (Fsp3) is 0.364. The molecule has 0 unspecified atom stereocenters. The Morgan fingerprint density at radius 3 is 2.42 bits per heavy atom. The smallest absolute Gasteiger partial charge is 0.251 e. The number of rotatable bonds is 7. The Balaban J connectivity index is 1.41. The lowest BCUT2D eigenvalue weighted by molar-refractivity contribution is 0.0951. The van der Waals surface area contributed by atoms with Gasteiger partial charge in [-0.1, -0.05) is 24.3 Å². The Morgan fingerprint density at radius 1 is 1.04 bits per heavy atom. The number of carbonyl (C=O) groups is 1. The highest BCUT2D eigenvalue weighted by Crippen LogP contribution is 2.30. The third kappa shape index (κ3) is 4.30. The second-order valence-corrected chi connectivity index (χ2v) is 7.39. The predicted octanol–water partition coefficient (Wildman–Crippen LogP) is 3.62. The van der Waals surface area contributed by atoms with Crippen LogP contribution in [0, 0.1) is 11.3 Å². The zero-order valence-electron chi connectivity index (χ0n) is 14.8. The van der Waals surface area contributed by atoms with Gasteiger partial charge in [0, 0.05) is 30.7 Å².